The molecule has 29 heavy (non-hydrogen) atoms. The van der Waals surface area contributed by atoms with E-state index < -0.39 is 0 Å². The van der Waals surface area contributed by atoms with Gasteiger partial charge < -0.3 is 9.88 Å². The summed E-state index contributed by atoms with van der Waals surface area (Å²) in [6.07, 6.45) is 6.04. The van der Waals surface area contributed by atoms with E-state index in [2.05, 4.69) is 60.3 Å². The molecule has 0 fully saturated rings. The summed E-state index contributed by atoms with van der Waals surface area (Å²) in [6, 6.07) is 10.5. The molecule has 1 N–H and O–H groups in total. The minimum Gasteiger partial charge on any atom is -0.368 e. The number of nitrogens with one attached hydrogen (secondary N) is 1. The van der Waals surface area contributed by atoms with Crippen LogP contribution in [0.1, 0.15) is 31.0 Å². The van der Waals surface area contributed by atoms with Crippen LogP contribution < -0.4 is 5.32 Å². The zero-order valence-electron chi connectivity index (χ0n) is 16.7. The van der Waals surface area contributed by atoms with Crippen LogP contribution in [0.4, 0.5) is 5.82 Å². The maximum atomic E-state index is 6.37. The molecule has 0 aliphatic heterocycles. The number of benzene rings is 1. The molecule has 0 spiro atoms. The summed E-state index contributed by atoms with van der Waals surface area (Å²) in [5.41, 5.74) is 4.77. The van der Waals surface area contributed by atoms with E-state index in [4.69, 9.17) is 21.6 Å². The van der Waals surface area contributed by atoms with Gasteiger partial charge in [-0.2, -0.15) is 0 Å². The molecule has 0 radical (unpaired) electrons. The van der Waals surface area contributed by atoms with Crippen molar-refractivity contribution in [2.24, 2.45) is 0 Å². The number of rotatable bonds is 6. The maximum absolute atomic E-state index is 6.37. The van der Waals surface area contributed by atoms with Crippen molar-refractivity contribution >= 4 is 28.6 Å². The van der Waals surface area contributed by atoms with Gasteiger partial charge in [-0.25, -0.2) is 15.0 Å². The molecule has 0 saturated carbocycles. The molecule has 4 aromatic rings. The van der Waals surface area contributed by atoms with Gasteiger partial charge in [-0.1, -0.05) is 41.4 Å². The van der Waals surface area contributed by atoms with Gasteiger partial charge in [0.05, 0.1) is 16.9 Å². The highest BCUT2D eigenvalue weighted by atomic mass is 35.5. The molecule has 0 atom stereocenters. The van der Waals surface area contributed by atoms with E-state index in [-0.39, 0.29) is 6.04 Å². The van der Waals surface area contributed by atoms with Crippen molar-refractivity contribution in [1.29, 1.82) is 0 Å². The second-order valence-corrected chi connectivity index (χ2v) is 7.74. The first-order chi connectivity index (χ1) is 14.0. The lowest BCUT2D eigenvalue weighted by molar-refractivity contribution is 0.613. The van der Waals surface area contributed by atoms with Crippen LogP contribution in [0.3, 0.4) is 0 Å². The largest absolute Gasteiger partial charge is 0.368 e. The molecule has 0 amide bonds. The lowest BCUT2D eigenvalue weighted by Gasteiger charge is -2.12. The third-order valence-electron chi connectivity index (χ3n) is 4.81. The first-order valence-electron chi connectivity index (χ1n) is 9.67. The molecule has 4 rings (SSSR count). The molecule has 1 aromatic carbocycles. The van der Waals surface area contributed by atoms with Gasteiger partial charge in [-0.15, -0.1) is 0 Å². The highest BCUT2D eigenvalue weighted by molar-refractivity contribution is 6.33. The third kappa shape index (κ3) is 4.07. The molecule has 0 saturated heterocycles. The van der Waals surface area contributed by atoms with Gasteiger partial charge in [0.2, 0.25) is 0 Å². The number of fused-ring (bicyclic) bond motifs is 1. The van der Waals surface area contributed by atoms with Crippen LogP contribution in [0.25, 0.3) is 22.6 Å². The van der Waals surface area contributed by atoms with Gasteiger partial charge in [-0.3, -0.25) is 4.98 Å². The molecule has 0 aliphatic carbocycles. The average Bonchev–Trinajstić information content (AvgIpc) is 3.14. The Kier molecular flexibility index (Phi) is 5.45. The molecule has 3 aromatic heterocycles. The Morgan fingerprint density at radius 1 is 1.10 bits per heavy atom. The fourth-order valence-electron chi connectivity index (χ4n) is 3.16. The Morgan fingerprint density at radius 3 is 2.62 bits per heavy atom. The number of nitrogens with zero attached hydrogens (tertiary/aromatic N) is 5. The molecule has 6 nitrogen and oxygen atoms in total. The van der Waals surface area contributed by atoms with Crippen LogP contribution >= 0.6 is 11.6 Å². The van der Waals surface area contributed by atoms with Crippen molar-refractivity contribution in [3.63, 3.8) is 0 Å². The summed E-state index contributed by atoms with van der Waals surface area (Å²) in [5.74, 6) is 1.24. The number of imidazole rings is 1. The quantitative estimate of drug-likeness (QED) is 0.483. The topological polar surface area (TPSA) is 68.5 Å². The monoisotopic (exact) mass is 406 g/mol. The van der Waals surface area contributed by atoms with Gasteiger partial charge in [-0.05, 0) is 38.8 Å². The van der Waals surface area contributed by atoms with E-state index in [1.54, 1.807) is 18.5 Å². The van der Waals surface area contributed by atoms with Crippen molar-refractivity contribution < 1.29 is 0 Å². The number of hydrogen-bond donors (Lipinski definition) is 1. The second kappa shape index (κ2) is 8.17. The van der Waals surface area contributed by atoms with Crippen molar-refractivity contribution in [3.8, 4) is 11.4 Å². The molecule has 7 heteroatoms. The lowest BCUT2D eigenvalue weighted by Crippen LogP contribution is -2.09. The Morgan fingerprint density at radius 2 is 1.90 bits per heavy atom. The van der Waals surface area contributed by atoms with E-state index in [0.29, 0.717) is 22.2 Å². The van der Waals surface area contributed by atoms with Crippen LogP contribution in [0.15, 0.2) is 49.1 Å². The van der Waals surface area contributed by atoms with Crippen molar-refractivity contribution in [2.45, 2.75) is 33.2 Å². The van der Waals surface area contributed by atoms with Gasteiger partial charge >= 0.3 is 0 Å². The smallest absolute Gasteiger partial charge is 0.167 e. The maximum Gasteiger partial charge on any atom is 0.167 e. The minimum absolute atomic E-state index is 0.229. The fourth-order valence-corrected chi connectivity index (χ4v) is 3.35. The molecule has 3 heterocycles. The first-order valence-corrected chi connectivity index (χ1v) is 10.0. The van der Waals surface area contributed by atoms with E-state index in [0.717, 1.165) is 24.1 Å². The summed E-state index contributed by atoms with van der Waals surface area (Å²) < 4.78 is 2.04. The molecule has 148 valence electrons. The van der Waals surface area contributed by atoms with Crippen LogP contribution in [0.2, 0.25) is 5.02 Å². The van der Waals surface area contributed by atoms with Crippen LogP contribution in [-0.2, 0) is 6.42 Å². The summed E-state index contributed by atoms with van der Waals surface area (Å²) in [4.78, 5) is 18.2. The average molecular weight is 407 g/mol. The second-order valence-electron chi connectivity index (χ2n) is 7.33. The van der Waals surface area contributed by atoms with E-state index in [9.17, 15) is 0 Å². The predicted octanol–water partition coefficient (Wildman–Crippen LogP) is 5.09. The molecule has 0 bridgehead atoms. The highest BCUT2D eigenvalue weighted by Gasteiger charge is 2.17. The van der Waals surface area contributed by atoms with Gasteiger partial charge in [0.25, 0.3) is 0 Å². The summed E-state index contributed by atoms with van der Waals surface area (Å²) in [7, 11) is 0. The van der Waals surface area contributed by atoms with Crippen molar-refractivity contribution in [3.05, 3.63) is 65.2 Å². The Bertz CT molecular complexity index is 1130. The van der Waals surface area contributed by atoms with E-state index in [1.165, 1.54) is 11.1 Å². The molecular formula is C22H23ClN6. The summed E-state index contributed by atoms with van der Waals surface area (Å²) in [6.45, 7) is 7.04. The SMILES string of the molecule is Cc1ccc(CCNc2nc(-c3cnccc3Cl)nc3c2ncn3C(C)C)cc1. The minimum atomic E-state index is 0.229. The first kappa shape index (κ1) is 19.3. The number of anilines is 1. The Balaban J connectivity index is 1.69. The molecular weight excluding hydrogens is 384 g/mol. The van der Waals surface area contributed by atoms with Gasteiger partial charge in [0.1, 0.15) is 5.52 Å². The van der Waals surface area contributed by atoms with E-state index in [1.807, 2.05) is 10.9 Å². The number of pyridine rings is 1. The normalized spacial score (nSPS) is 11.3. The third-order valence-corrected chi connectivity index (χ3v) is 5.14. The Hall–Kier alpha value is -2.99. The van der Waals surface area contributed by atoms with Crippen LogP contribution in [0.5, 0.6) is 0 Å². The predicted molar refractivity (Wildman–Crippen MR) is 117 cm³/mol. The lowest BCUT2D eigenvalue weighted by atomic mass is 10.1. The van der Waals surface area contributed by atoms with E-state index >= 15 is 0 Å². The van der Waals surface area contributed by atoms with Crippen LogP contribution in [0, 0.1) is 6.92 Å². The highest BCUT2D eigenvalue weighted by Crippen LogP contribution is 2.29. The zero-order valence-corrected chi connectivity index (χ0v) is 17.5. The number of halogens is 1. The van der Waals surface area contributed by atoms with Gasteiger partial charge in [0, 0.05) is 25.0 Å². The number of hydrogen-bond acceptors (Lipinski definition) is 5. The van der Waals surface area contributed by atoms with Crippen molar-refractivity contribution in [2.75, 3.05) is 11.9 Å². The van der Waals surface area contributed by atoms with Crippen LogP contribution in [-0.4, -0.2) is 31.0 Å². The summed E-state index contributed by atoms with van der Waals surface area (Å²) in [5, 5.41) is 4.01. The molecule has 0 aliphatic rings. The van der Waals surface area contributed by atoms with Crippen molar-refractivity contribution in [1.82, 2.24) is 24.5 Å². The van der Waals surface area contributed by atoms with Gasteiger partial charge in [0.15, 0.2) is 17.3 Å². The number of aromatic nitrogens is 5. The zero-order chi connectivity index (χ0) is 20.4. The fraction of sp³-hybridized carbons (Fsp3) is 0.273. The molecule has 0 unspecified atom stereocenters. The summed E-state index contributed by atoms with van der Waals surface area (Å²) >= 11 is 6.37. The number of aryl methyl sites for hydroxylation is 1. The standard InChI is InChI=1S/C22H23ClN6/c1-14(2)29-13-26-19-21(25-11-8-16-6-4-15(3)5-7-16)27-20(28-22(19)29)17-12-24-10-9-18(17)23/h4-7,9-10,12-14H,8,11H2,1-3H3,(H,25,27,28). The Labute approximate surface area is 175 Å².